The zero-order valence-electron chi connectivity index (χ0n) is 8.90. The van der Waals surface area contributed by atoms with Crippen molar-refractivity contribution in [1.82, 2.24) is 0 Å². The van der Waals surface area contributed by atoms with Crippen LogP contribution < -0.4 is 10.5 Å². The second-order valence-corrected chi connectivity index (χ2v) is 4.31. The molecule has 0 aliphatic carbocycles. The van der Waals surface area contributed by atoms with Gasteiger partial charge in [0.05, 0.1) is 17.3 Å². The maximum Gasteiger partial charge on any atom is 0.230 e. The Morgan fingerprint density at radius 1 is 1.53 bits per heavy atom. The summed E-state index contributed by atoms with van der Waals surface area (Å²) in [7, 11) is 1.62. The number of amides is 1. The van der Waals surface area contributed by atoms with E-state index in [1.165, 1.54) is 11.8 Å². The predicted molar refractivity (Wildman–Crippen MR) is 62.1 cm³/mol. The summed E-state index contributed by atoms with van der Waals surface area (Å²) in [6, 6.07) is 7.61. The number of methoxy groups -OCH3 is 1. The highest BCUT2D eigenvalue weighted by Crippen LogP contribution is 2.32. The van der Waals surface area contributed by atoms with Crippen molar-refractivity contribution in [3.8, 4) is 5.75 Å². The Balaban J connectivity index is 2.82. The van der Waals surface area contributed by atoms with Gasteiger partial charge in [-0.05, 0) is 18.6 Å². The second-order valence-electron chi connectivity index (χ2n) is 3.07. The van der Waals surface area contributed by atoms with Gasteiger partial charge in [0.2, 0.25) is 5.91 Å². The Morgan fingerprint density at radius 3 is 2.73 bits per heavy atom. The van der Waals surface area contributed by atoms with Crippen LogP contribution in [0.25, 0.3) is 0 Å². The maximum atomic E-state index is 11.1. The Bertz CT molecular complexity index is 341. The van der Waals surface area contributed by atoms with E-state index >= 15 is 0 Å². The van der Waals surface area contributed by atoms with Gasteiger partial charge in [-0.15, -0.1) is 11.8 Å². The number of para-hydroxylation sites is 1. The van der Waals surface area contributed by atoms with Crippen LogP contribution in [0.3, 0.4) is 0 Å². The lowest BCUT2D eigenvalue weighted by atomic mass is 10.3. The third kappa shape index (κ3) is 3.16. The fourth-order valence-electron chi connectivity index (χ4n) is 1.21. The van der Waals surface area contributed by atoms with E-state index in [-0.39, 0.29) is 11.2 Å². The molecule has 1 atom stereocenters. The molecule has 4 heteroatoms. The molecule has 82 valence electrons. The summed E-state index contributed by atoms with van der Waals surface area (Å²) in [4.78, 5) is 12.0. The molecule has 0 radical (unpaired) electrons. The van der Waals surface area contributed by atoms with Crippen LogP contribution in [-0.2, 0) is 4.79 Å². The topological polar surface area (TPSA) is 52.3 Å². The molecule has 3 nitrogen and oxygen atoms in total. The van der Waals surface area contributed by atoms with Crippen molar-refractivity contribution in [2.24, 2.45) is 5.73 Å². The molecule has 2 N–H and O–H groups in total. The lowest BCUT2D eigenvalue weighted by Crippen LogP contribution is -2.24. The lowest BCUT2D eigenvalue weighted by molar-refractivity contribution is -0.117. The SMILES string of the molecule is CCC(Sc1ccccc1OC)C(N)=O. The van der Waals surface area contributed by atoms with E-state index in [4.69, 9.17) is 10.5 Å². The number of carbonyl (C=O) groups excluding carboxylic acids is 1. The van der Waals surface area contributed by atoms with E-state index in [0.29, 0.717) is 0 Å². The molecule has 0 fully saturated rings. The Kier molecular flexibility index (Phi) is 4.49. The van der Waals surface area contributed by atoms with Crippen LogP contribution in [0.2, 0.25) is 0 Å². The van der Waals surface area contributed by atoms with Crippen LogP contribution >= 0.6 is 11.8 Å². The van der Waals surface area contributed by atoms with Crippen molar-refractivity contribution >= 4 is 17.7 Å². The first kappa shape index (κ1) is 11.9. The summed E-state index contributed by atoms with van der Waals surface area (Å²) in [5, 5.41) is -0.193. The minimum absolute atomic E-state index is 0.193. The van der Waals surface area contributed by atoms with Crippen molar-refractivity contribution in [2.75, 3.05) is 7.11 Å². The van der Waals surface area contributed by atoms with Crippen molar-refractivity contribution in [1.29, 1.82) is 0 Å². The van der Waals surface area contributed by atoms with Gasteiger partial charge in [-0.3, -0.25) is 4.79 Å². The molecule has 0 saturated carbocycles. The number of ether oxygens (including phenoxy) is 1. The third-order valence-corrected chi connectivity index (χ3v) is 3.47. The second kappa shape index (κ2) is 5.66. The van der Waals surface area contributed by atoms with Crippen molar-refractivity contribution in [3.05, 3.63) is 24.3 Å². The van der Waals surface area contributed by atoms with Crippen LogP contribution in [-0.4, -0.2) is 18.3 Å². The molecular weight excluding hydrogens is 210 g/mol. The molecule has 1 rings (SSSR count). The van der Waals surface area contributed by atoms with Gasteiger partial charge in [0.15, 0.2) is 0 Å². The number of nitrogens with two attached hydrogens (primary N) is 1. The summed E-state index contributed by atoms with van der Waals surface area (Å²) in [6.07, 6.45) is 0.720. The van der Waals surface area contributed by atoms with Gasteiger partial charge in [0.1, 0.15) is 5.75 Å². The van der Waals surface area contributed by atoms with Gasteiger partial charge in [-0.1, -0.05) is 19.1 Å². The molecule has 1 aromatic carbocycles. The molecule has 0 aliphatic heterocycles. The van der Waals surface area contributed by atoms with Gasteiger partial charge >= 0.3 is 0 Å². The molecule has 0 aromatic heterocycles. The van der Waals surface area contributed by atoms with E-state index in [2.05, 4.69) is 0 Å². The Labute approximate surface area is 94.0 Å². The zero-order chi connectivity index (χ0) is 11.3. The average Bonchev–Trinajstić information content (AvgIpc) is 2.25. The van der Waals surface area contributed by atoms with Gasteiger partial charge < -0.3 is 10.5 Å². The first-order valence-electron chi connectivity index (χ1n) is 4.78. The molecule has 15 heavy (non-hydrogen) atoms. The first-order valence-corrected chi connectivity index (χ1v) is 5.66. The maximum absolute atomic E-state index is 11.1. The van der Waals surface area contributed by atoms with Gasteiger partial charge in [0.25, 0.3) is 0 Å². The fraction of sp³-hybridized carbons (Fsp3) is 0.364. The highest BCUT2D eigenvalue weighted by molar-refractivity contribution is 8.00. The number of carbonyl (C=O) groups is 1. The number of primary amides is 1. The standard InChI is InChI=1S/C11H15NO2S/c1-3-9(11(12)13)15-10-7-5-4-6-8(10)14-2/h4-7,9H,3H2,1-2H3,(H2,12,13). The van der Waals surface area contributed by atoms with E-state index in [0.717, 1.165) is 17.1 Å². The molecule has 1 aromatic rings. The predicted octanol–water partition coefficient (Wildman–Crippen LogP) is 2.05. The molecule has 0 bridgehead atoms. The summed E-state index contributed by atoms with van der Waals surface area (Å²) in [5.41, 5.74) is 5.29. The van der Waals surface area contributed by atoms with Gasteiger partial charge in [-0.25, -0.2) is 0 Å². The lowest BCUT2D eigenvalue weighted by Gasteiger charge is -2.12. The number of hydrogen-bond acceptors (Lipinski definition) is 3. The minimum atomic E-state index is -0.284. The summed E-state index contributed by atoms with van der Waals surface area (Å²) in [6.45, 7) is 1.94. The summed E-state index contributed by atoms with van der Waals surface area (Å²) >= 11 is 1.45. The third-order valence-electron chi connectivity index (χ3n) is 2.03. The van der Waals surface area contributed by atoms with Crippen LogP contribution in [0.5, 0.6) is 5.75 Å². The van der Waals surface area contributed by atoms with Gasteiger partial charge in [-0.2, -0.15) is 0 Å². The summed E-state index contributed by atoms with van der Waals surface area (Å²) in [5.74, 6) is 0.496. The molecule has 0 saturated heterocycles. The molecule has 1 amide bonds. The van der Waals surface area contributed by atoms with Crippen molar-refractivity contribution in [3.63, 3.8) is 0 Å². The van der Waals surface area contributed by atoms with Crippen LogP contribution in [0, 0.1) is 0 Å². The number of rotatable bonds is 5. The van der Waals surface area contributed by atoms with E-state index in [1.54, 1.807) is 7.11 Å². The Morgan fingerprint density at radius 2 is 2.20 bits per heavy atom. The van der Waals surface area contributed by atoms with Crippen LogP contribution in [0.4, 0.5) is 0 Å². The molecule has 1 unspecified atom stereocenters. The van der Waals surface area contributed by atoms with Gasteiger partial charge in [0, 0.05) is 0 Å². The zero-order valence-corrected chi connectivity index (χ0v) is 9.71. The van der Waals surface area contributed by atoms with Crippen LogP contribution in [0.15, 0.2) is 29.2 Å². The number of benzene rings is 1. The number of hydrogen-bond donors (Lipinski definition) is 1. The van der Waals surface area contributed by atoms with E-state index in [9.17, 15) is 4.79 Å². The molecule has 0 spiro atoms. The quantitative estimate of drug-likeness (QED) is 0.780. The normalized spacial score (nSPS) is 12.1. The van der Waals surface area contributed by atoms with Crippen molar-refractivity contribution < 1.29 is 9.53 Å². The highest BCUT2D eigenvalue weighted by atomic mass is 32.2. The largest absolute Gasteiger partial charge is 0.496 e. The average molecular weight is 225 g/mol. The van der Waals surface area contributed by atoms with E-state index in [1.807, 2.05) is 31.2 Å². The monoisotopic (exact) mass is 225 g/mol. The van der Waals surface area contributed by atoms with Crippen molar-refractivity contribution in [2.45, 2.75) is 23.5 Å². The molecule has 0 aliphatic rings. The summed E-state index contributed by atoms with van der Waals surface area (Å²) < 4.78 is 5.20. The first-order chi connectivity index (χ1) is 7.19. The van der Waals surface area contributed by atoms with E-state index < -0.39 is 0 Å². The highest BCUT2D eigenvalue weighted by Gasteiger charge is 2.16. The number of thioether (sulfide) groups is 1. The molecule has 0 heterocycles. The minimum Gasteiger partial charge on any atom is -0.496 e. The smallest absolute Gasteiger partial charge is 0.230 e. The van der Waals surface area contributed by atoms with Crippen LogP contribution in [0.1, 0.15) is 13.3 Å². The Hall–Kier alpha value is -1.16. The molecular formula is C11H15NO2S. The fourth-order valence-corrected chi connectivity index (χ4v) is 2.23.